The third kappa shape index (κ3) is 6.47. The van der Waals surface area contributed by atoms with Crippen LogP contribution in [0.1, 0.15) is 34.1 Å². The summed E-state index contributed by atoms with van der Waals surface area (Å²) in [5, 5.41) is 15.5. The van der Waals surface area contributed by atoms with E-state index < -0.39 is 16.1 Å². The molecule has 2 N–H and O–H groups in total. The van der Waals surface area contributed by atoms with Gasteiger partial charge in [0.1, 0.15) is 6.04 Å². The Balaban J connectivity index is 0.00000241. The van der Waals surface area contributed by atoms with Crippen molar-refractivity contribution >= 4 is 15.9 Å². The predicted molar refractivity (Wildman–Crippen MR) is 137 cm³/mol. The summed E-state index contributed by atoms with van der Waals surface area (Å²) in [5.74, 6) is -0.0920. The van der Waals surface area contributed by atoms with Gasteiger partial charge in [-0.3, -0.25) is 4.79 Å². The van der Waals surface area contributed by atoms with Gasteiger partial charge in [0, 0.05) is 15.9 Å². The molecule has 2 aromatic rings. The van der Waals surface area contributed by atoms with Crippen molar-refractivity contribution in [3.05, 3.63) is 54.1 Å². The lowest BCUT2D eigenvalue weighted by Crippen LogP contribution is -2.49. The molecule has 0 saturated carbocycles. The van der Waals surface area contributed by atoms with Gasteiger partial charge in [-0.15, -0.1) is 0 Å². The van der Waals surface area contributed by atoms with E-state index in [1.165, 1.54) is 4.31 Å². The van der Waals surface area contributed by atoms with E-state index in [9.17, 15) is 18.5 Å². The number of hydrogen-bond acceptors (Lipinski definition) is 6. The number of amides is 1. The molecule has 4 rings (SSSR count). The van der Waals surface area contributed by atoms with Crippen molar-refractivity contribution in [2.24, 2.45) is 0 Å². The molecule has 0 radical (unpaired) electrons. The minimum Gasteiger partial charge on any atom is -0.379 e. The molecular weight excluding hydrogens is 464 g/mol. The summed E-state index contributed by atoms with van der Waals surface area (Å²) < 4.78 is 32.3. The van der Waals surface area contributed by atoms with Crippen molar-refractivity contribution < 1.29 is 20.8 Å². The Bertz CT molecular complexity index is 1140. The number of rotatable bonds is 8. The van der Waals surface area contributed by atoms with Crippen molar-refractivity contribution in [1.82, 2.24) is 14.9 Å². The molecule has 2 aliphatic rings. The molecule has 2 aromatic carbocycles. The van der Waals surface area contributed by atoms with Crippen molar-refractivity contribution in [1.29, 1.82) is 5.26 Å². The standard InChI is InChI=1S/C26H32N4O4S.2H2/c27-19-23(29-26(31)25-3-1-2-14-28-25)11-6-20-4-7-21(8-5-20)22-9-12-24(13-10-22)35(32,33)30-15-17-34-18-16-30;;/h4-5,7-10,12-13,23,25,28H,1-3,6,11,14-18H2,(H,29,31);2*1H/t23-,25-;;/m0../s1. The number of benzene rings is 2. The second kappa shape index (κ2) is 11.8. The fraction of sp³-hybridized carbons (Fsp3) is 0.462. The van der Waals surface area contributed by atoms with Crippen LogP contribution in [-0.4, -0.2) is 63.6 Å². The van der Waals surface area contributed by atoms with Gasteiger partial charge in [-0.1, -0.05) is 42.8 Å². The molecule has 2 aliphatic heterocycles. The molecule has 2 heterocycles. The number of piperidine rings is 1. The van der Waals surface area contributed by atoms with Crippen LogP contribution in [0.25, 0.3) is 11.1 Å². The fourth-order valence-electron chi connectivity index (χ4n) is 4.45. The minimum absolute atomic E-state index is 0. The van der Waals surface area contributed by atoms with Gasteiger partial charge in [0.2, 0.25) is 15.9 Å². The Morgan fingerprint density at radius 1 is 1.11 bits per heavy atom. The Labute approximate surface area is 210 Å². The SMILES string of the molecule is N#C[C@H](CCc1ccc(-c2ccc(S(=O)(=O)N3CCOCC3)cc2)cc1)NC(=O)[C@@H]1CCCCN1.[HH].[HH]. The third-order valence-corrected chi connectivity index (χ3v) is 8.48. The Morgan fingerprint density at radius 3 is 2.37 bits per heavy atom. The molecule has 0 aromatic heterocycles. The molecule has 35 heavy (non-hydrogen) atoms. The molecule has 2 fully saturated rings. The third-order valence-electron chi connectivity index (χ3n) is 6.57. The second-order valence-corrected chi connectivity index (χ2v) is 10.9. The van der Waals surface area contributed by atoms with Crippen LogP contribution in [0.2, 0.25) is 0 Å². The van der Waals surface area contributed by atoms with Crippen LogP contribution >= 0.6 is 0 Å². The number of nitrogens with one attached hydrogen (secondary N) is 2. The van der Waals surface area contributed by atoms with Gasteiger partial charge in [-0.25, -0.2) is 8.42 Å². The summed E-state index contributed by atoms with van der Waals surface area (Å²) in [4.78, 5) is 12.7. The van der Waals surface area contributed by atoms with Crippen molar-refractivity contribution in [2.75, 3.05) is 32.8 Å². The van der Waals surface area contributed by atoms with Crippen LogP contribution in [0.4, 0.5) is 0 Å². The van der Waals surface area contributed by atoms with E-state index in [0.29, 0.717) is 39.1 Å². The van der Waals surface area contributed by atoms with E-state index in [-0.39, 0.29) is 19.7 Å². The smallest absolute Gasteiger partial charge is 0.243 e. The maximum atomic E-state index is 12.8. The summed E-state index contributed by atoms with van der Waals surface area (Å²) >= 11 is 0. The number of nitriles is 1. The highest BCUT2D eigenvalue weighted by molar-refractivity contribution is 7.89. The zero-order valence-corrected chi connectivity index (χ0v) is 20.6. The largest absolute Gasteiger partial charge is 0.379 e. The van der Waals surface area contributed by atoms with Gasteiger partial charge >= 0.3 is 0 Å². The van der Waals surface area contributed by atoms with E-state index in [0.717, 1.165) is 42.5 Å². The normalized spacial score (nSPS) is 20.0. The van der Waals surface area contributed by atoms with Crippen LogP contribution in [0.15, 0.2) is 53.4 Å². The lowest BCUT2D eigenvalue weighted by molar-refractivity contribution is -0.124. The van der Waals surface area contributed by atoms with Crippen LogP contribution in [0, 0.1) is 11.3 Å². The van der Waals surface area contributed by atoms with Crippen molar-refractivity contribution in [3.8, 4) is 17.2 Å². The molecule has 0 unspecified atom stereocenters. The number of carbonyl (C=O) groups excluding carboxylic acids is 1. The number of ether oxygens (including phenoxy) is 1. The molecule has 1 amide bonds. The monoisotopic (exact) mass is 500 g/mol. The average molecular weight is 501 g/mol. The summed E-state index contributed by atoms with van der Waals surface area (Å²) in [5.41, 5.74) is 2.99. The van der Waals surface area contributed by atoms with Gasteiger partial charge in [0.05, 0.1) is 30.2 Å². The zero-order valence-electron chi connectivity index (χ0n) is 19.8. The number of hydrogen-bond donors (Lipinski definition) is 2. The van der Waals surface area contributed by atoms with Crippen LogP contribution in [0.3, 0.4) is 0 Å². The zero-order chi connectivity index (χ0) is 24.7. The topological polar surface area (TPSA) is 112 Å². The van der Waals surface area contributed by atoms with Crippen LogP contribution in [-0.2, 0) is 26.0 Å². The van der Waals surface area contributed by atoms with Gasteiger partial charge in [-0.2, -0.15) is 9.57 Å². The number of sulfonamides is 1. The van der Waals surface area contributed by atoms with E-state index in [1.807, 2.05) is 36.4 Å². The average Bonchev–Trinajstić information content (AvgIpc) is 2.92. The number of morpholine rings is 1. The first-order valence-electron chi connectivity index (χ1n) is 12.2. The van der Waals surface area contributed by atoms with Crippen molar-refractivity contribution in [3.63, 3.8) is 0 Å². The maximum Gasteiger partial charge on any atom is 0.243 e. The summed E-state index contributed by atoms with van der Waals surface area (Å²) in [6, 6.07) is 16.4. The van der Waals surface area contributed by atoms with Crippen LogP contribution in [0.5, 0.6) is 0 Å². The Kier molecular flexibility index (Phi) is 8.52. The predicted octanol–water partition coefficient (Wildman–Crippen LogP) is 2.95. The highest BCUT2D eigenvalue weighted by atomic mass is 32.2. The molecule has 190 valence electrons. The van der Waals surface area contributed by atoms with Crippen molar-refractivity contribution in [2.45, 2.75) is 49.1 Å². The Morgan fingerprint density at radius 2 is 1.77 bits per heavy atom. The first kappa shape index (κ1) is 25.3. The highest BCUT2D eigenvalue weighted by Gasteiger charge is 2.26. The number of nitrogens with zero attached hydrogens (tertiary/aromatic N) is 2. The number of carbonyl (C=O) groups is 1. The second-order valence-electron chi connectivity index (χ2n) is 8.97. The van der Waals surface area contributed by atoms with Gasteiger partial charge < -0.3 is 15.4 Å². The maximum absolute atomic E-state index is 12.8. The lowest BCUT2D eigenvalue weighted by atomic mass is 10.0. The molecular formula is C26H36N4O4S. The molecule has 0 spiro atoms. The summed E-state index contributed by atoms with van der Waals surface area (Å²) in [6.45, 7) is 2.43. The van der Waals surface area contributed by atoms with Gasteiger partial charge in [0.25, 0.3) is 0 Å². The molecule has 0 aliphatic carbocycles. The highest BCUT2D eigenvalue weighted by Crippen LogP contribution is 2.24. The summed E-state index contributed by atoms with van der Waals surface area (Å²) in [7, 11) is -3.51. The summed E-state index contributed by atoms with van der Waals surface area (Å²) in [6.07, 6.45) is 4.14. The van der Waals surface area contributed by atoms with Gasteiger partial charge in [-0.05, 0) is 61.1 Å². The van der Waals surface area contributed by atoms with E-state index in [2.05, 4.69) is 16.7 Å². The number of aryl methyl sites for hydroxylation is 1. The molecule has 0 bridgehead atoms. The van der Waals surface area contributed by atoms with Crippen LogP contribution < -0.4 is 10.6 Å². The van der Waals surface area contributed by atoms with E-state index >= 15 is 0 Å². The quantitative estimate of drug-likeness (QED) is 0.577. The molecule has 2 atom stereocenters. The Hall–Kier alpha value is -2.77. The van der Waals surface area contributed by atoms with E-state index in [4.69, 9.17) is 4.74 Å². The van der Waals surface area contributed by atoms with E-state index in [1.54, 1.807) is 12.1 Å². The lowest BCUT2D eigenvalue weighted by Gasteiger charge is -2.26. The molecule has 2 saturated heterocycles. The molecule has 8 nitrogen and oxygen atoms in total. The minimum atomic E-state index is -3.51. The fourth-order valence-corrected chi connectivity index (χ4v) is 5.86. The molecule has 9 heteroatoms. The first-order chi connectivity index (χ1) is 17.0. The van der Waals surface area contributed by atoms with Gasteiger partial charge in [0.15, 0.2) is 0 Å². The first-order valence-corrected chi connectivity index (χ1v) is 13.6.